The normalized spacial score (nSPS) is 21.0. The third-order valence-electron chi connectivity index (χ3n) is 3.85. The lowest BCUT2D eigenvalue weighted by molar-refractivity contribution is 0.389. The van der Waals surface area contributed by atoms with Gasteiger partial charge >= 0.3 is 0 Å². The number of nitrogens with zero attached hydrogens (tertiary/aromatic N) is 2. The maximum Gasteiger partial charge on any atom is 0.0640 e. The highest BCUT2D eigenvalue weighted by atomic mass is 15.3. The Morgan fingerprint density at radius 3 is 2.88 bits per heavy atom. The van der Waals surface area contributed by atoms with Crippen LogP contribution in [-0.2, 0) is 6.42 Å². The highest BCUT2D eigenvalue weighted by Gasteiger charge is 2.15. The molecule has 0 saturated carbocycles. The fourth-order valence-electron chi connectivity index (χ4n) is 2.70. The van der Waals surface area contributed by atoms with Crippen molar-refractivity contribution in [1.82, 2.24) is 15.1 Å². The van der Waals surface area contributed by atoms with Crippen molar-refractivity contribution >= 4 is 0 Å². The molecule has 0 spiro atoms. The Bertz CT molecular complexity index is 322. The summed E-state index contributed by atoms with van der Waals surface area (Å²) in [6.07, 6.45) is 9.57. The van der Waals surface area contributed by atoms with E-state index in [4.69, 9.17) is 5.10 Å². The summed E-state index contributed by atoms with van der Waals surface area (Å²) in [5, 5.41) is 8.31. The Balaban J connectivity index is 1.93. The van der Waals surface area contributed by atoms with Gasteiger partial charge in [0.25, 0.3) is 0 Å². The molecule has 0 radical (unpaired) electrons. The lowest BCUT2D eigenvalue weighted by Crippen LogP contribution is -2.35. The lowest BCUT2D eigenvalue weighted by Gasteiger charge is -2.22. The van der Waals surface area contributed by atoms with E-state index in [1.807, 2.05) is 0 Å². The van der Waals surface area contributed by atoms with Gasteiger partial charge in [0.1, 0.15) is 0 Å². The minimum Gasteiger partial charge on any atom is -0.314 e. The summed E-state index contributed by atoms with van der Waals surface area (Å²) >= 11 is 0. The Hall–Kier alpha value is -0.830. The molecule has 1 aliphatic rings. The molecule has 3 heteroatoms. The molecular weight excluding hydrogens is 210 g/mol. The van der Waals surface area contributed by atoms with Gasteiger partial charge in [-0.3, -0.25) is 4.68 Å². The van der Waals surface area contributed by atoms with Gasteiger partial charge in [-0.2, -0.15) is 5.10 Å². The van der Waals surface area contributed by atoms with Gasteiger partial charge in [-0.25, -0.2) is 0 Å². The van der Waals surface area contributed by atoms with Crippen molar-refractivity contribution < 1.29 is 0 Å². The molecule has 1 fully saturated rings. The topological polar surface area (TPSA) is 29.9 Å². The molecule has 1 saturated heterocycles. The van der Waals surface area contributed by atoms with E-state index in [1.165, 1.54) is 44.3 Å². The van der Waals surface area contributed by atoms with Crippen LogP contribution in [0.15, 0.2) is 12.3 Å². The van der Waals surface area contributed by atoms with Crippen molar-refractivity contribution in [3.05, 3.63) is 18.0 Å². The number of hydrogen-bond donors (Lipinski definition) is 1. The molecule has 17 heavy (non-hydrogen) atoms. The van der Waals surface area contributed by atoms with Gasteiger partial charge in [0.15, 0.2) is 0 Å². The summed E-state index contributed by atoms with van der Waals surface area (Å²) in [6.45, 7) is 5.65. The third-order valence-corrected chi connectivity index (χ3v) is 3.85. The second kappa shape index (κ2) is 6.20. The SMILES string of the molecule is CCC(CC)n1ccc(CC2CCCCN2)n1. The maximum absolute atomic E-state index is 4.72. The summed E-state index contributed by atoms with van der Waals surface area (Å²) in [6, 6.07) is 3.41. The van der Waals surface area contributed by atoms with Crippen LogP contribution >= 0.6 is 0 Å². The summed E-state index contributed by atoms with van der Waals surface area (Å²) in [5.41, 5.74) is 1.25. The predicted octanol–water partition coefficient (Wildman–Crippen LogP) is 2.93. The Kier molecular flexibility index (Phi) is 4.60. The zero-order valence-electron chi connectivity index (χ0n) is 11.2. The molecule has 1 atom stereocenters. The third kappa shape index (κ3) is 3.32. The number of aromatic nitrogens is 2. The van der Waals surface area contributed by atoms with Crippen molar-refractivity contribution in [1.29, 1.82) is 0 Å². The van der Waals surface area contributed by atoms with E-state index in [0.717, 1.165) is 6.42 Å². The predicted molar refractivity (Wildman–Crippen MR) is 71.2 cm³/mol. The Morgan fingerprint density at radius 2 is 2.24 bits per heavy atom. The lowest BCUT2D eigenvalue weighted by atomic mass is 10.0. The molecule has 0 aliphatic carbocycles. The van der Waals surface area contributed by atoms with E-state index in [1.54, 1.807) is 0 Å². The monoisotopic (exact) mass is 235 g/mol. The Labute approximate surface area is 105 Å². The standard InChI is InChI=1S/C14H25N3/c1-3-14(4-2)17-10-8-13(16-17)11-12-7-5-6-9-15-12/h8,10,12,14-15H,3-7,9,11H2,1-2H3. The molecule has 1 N–H and O–H groups in total. The van der Waals surface area contributed by atoms with Crippen LogP contribution in [0, 0.1) is 0 Å². The quantitative estimate of drug-likeness (QED) is 0.850. The first kappa shape index (κ1) is 12.6. The van der Waals surface area contributed by atoms with E-state index in [2.05, 4.69) is 36.1 Å². The van der Waals surface area contributed by atoms with Crippen LogP contribution in [0.5, 0.6) is 0 Å². The minimum absolute atomic E-state index is 0.572. The zero-order valence-corrected chi connectivity index (χ0v) is 11.2. The van der Waals surface area contributed by atoms with Crippen LogP contribution in [-0.4, -0.2) is 22.4 Å². The molecule has 2 heterocycles. The molecular formula is C14H25N3. The smallest absolute Gasteiger partial charge is 0.0640 e. The number of nitrogens with one attached hydrogen (secondary N) is 1. The van der Waals surface area contributed by atoms with E-state index in [9.17, 15) is 0 Å². The molecule has 0 aromatic carbocycles. The molecule has 1 aliphatic heterocycles. The van der Waals surface area contributed by atoms with Crippen molar-refractivity contribution in [2.24, 2.45) is 0 Å². The molecule has 2 rings (SSSR count). The van der Waals surface area contributed by atoms with Crippen LogP contribution in [0.4, 0.5) is 0 Å². The highest BCUT2D eigenvalue weighted by molar-refractivity contribution is 5.02. The maximum atomic E-state index is 4.72. The van der Waals surface area contributed by atoms with Gasteiger partial charge in [-0.05, 0) is 38.3 Å². The van der Waals surface area contributed by atoms with Crippen LogP contribution in [0.1, 0.15) is 57.7 Å². The number of rotatable bonds is 5. The van der Waals surface area contributed by atoms with Gasteiger partial charge in [-0.1, -0.05) is 20.3 Å². The highest BCUT2D eigenvalue weighted by Crippen LogP contribution is 2.16. The van der Waals surface area contributed by atoms with E-state index in [0.29, 0.717) is 12.1 Å². The molecule has 3 nitrogen and oxygen atoms in total. The second-order valence-corrected chi connectivity index (χ2v) is 5.11. The van der Waals surface area contributed by atoms with Crippen LogP contribution in [0.3, 0.4) is 0 Å². The summed E-state index contributed by atoms with van der Waals surface area (Å²) < 4.78 is 2.15. The van der Waals surface area contributed by atoms with Gasteiger partial charge in [0, 0.05) is 18.7 Å². The molecule has 0 bridgehead atoms. The van der Waals surface area contributed by atoms with Crippen molar-refractivity contribution in [3.8, 4) is 0 Å². The van der Waals surface area contributed by atoms with Gasteiger partial charge in [0.2, 0.25) is 0 Å². The average Bonchev–Trinajstić information content (AvgIpc) is 2.81. The molecule has 1 aromatic rings. The number of hydrogen-bond acceptors (Lipinski definition) is 2. The largest absolute Gasteiger partial charge is 0.314 e. The first-order valence-corrected chi connectivity index (χ1v) is 7.11. The van der Waals surface area contributed by atoms with Gasteiger partial charge < -0.3 is 5.32 Å². The molecule has 1 aromatic heterocycles. The molecule has 1 unspecified atom stereocenters. The first-order chi connectivity index (χ1) is 8.33. The second-order valence-electron chi connectivity index (χ2n) is 5.11. The summed E-state index contributed by atoms with van der Waals surface area (Å²) in [4.78, 5) is 0. The molecule has 96 valence electrons. The molecule has 0 amide bonds. The van der Waals surface area contributed by atoms with Crippen LogP contribution in [0.2, 0.25) is 0 Å². The minimum atomic E-state index is 0.572. The first-order valence-electron chi connectivity index (χ1n) is 7.11. The average molecular weight is 235 g/mol. The zero-order chi connectivity index (χ0) is 12.1. The van der Waals surface area contributed by atoms with E-state index in [-0.39, 0.29) is 0 Å². The number of piperidine rings is 1. The Morgan fingerprint density at radius 1 is 1.41 bits per heavy atom. The fourth-order valence-corrected chi connectivity index (χ4v) is 2.70. The van der Waals surface area contributed by atoms with Crippen molar-refractivity contribution in [2.75, 3.05) is 6.54 Å². The van der Waals surface area contributed by atoms with Crippen LogP contribution in [0.25, 0.3) is 0 Å². The van der Waals surface area contributed by atoms with E-state index < -0.39 is 0 Å². The fraction of sp³-hybridized carbons (Fsp3) is 0.786. The van der Waals surface area contributed by atoms with E-state index >= 15 is 0 Å². The summed E-state index contributed by atoms with van der Waals surface area (Å²) in [5.74, 6) is 0. The van der Waals surface area contributed by atoms with Crippen molar-refractivity contribution in [2.45, 2.75) is 64.5 Å². The summed E-state index contributed by atoms with van der Waals surface area (Å²) in [7, 11) is 0. The van der Waals surface area contributed by atoms with Gasteiger partial charge in [0.05, 0.1) is 11.7 Å². The van der Waals surface area contributed by atoms with Crippen molar-refractivity contribution in [3.63, 3.8) is 0 Å². The van der Waals surface area contributed by atoms with Crippen LogP contribution < -0.4 is 5.32 Å². The van der Waals surface area contributed by atoms with Gasteiger partial charge in [-0.15, -0.1) is 0 Å².